The van der Waals surface area contributed by atoms with Gasteiger partial charge in [0.25, 0.3) is 0 Å². The van der Waals surface area contributed by atoms with E-state index in [0.717, 1.165) is 6.42 Å². The van der Waals surface area contributed by atoms with Gasteiger partial charge in [-0.1, -0.05) is 49.3 Å². The third-order valence-corrected chi connectivity index (χ3v) is 4.57. The summed E-state index contributed by atoms with van der Waals surface area (Å²) in [6, 6.07) is 10.3. The second-order valence-electron chi connectivity index (χ2n) is 5.61. The molecule has 2 atom stereocenters. The molecular weight excluding hydrogens is 266 g/mol. The van der Waals surface area contributed by atoms with E-state index in [0.29, 0.717) is 18.8 Å². The van der Waals surface area contributed by atoms with Gasteiger partial charge in [0, 0.05) is 12.0 Å². The maximum atomic E-state index is 12.6. The van der Waals surface area contributed by atoms with Gasteiger partial charge in [0.05, 0.1) is 0 Å². The van der Waals surface area contributed by atoms with Crippen LogP contribution in [-0.4, -0.2) is 23.0 Å². The lowest BCUT2D eigenvalue weighted by molar-refractivity contribution is -0.128. The summed E-state index contributed by atoms with van der Waals surface area (Å²) < 4.78 is 0. The lowest BCUT2D eigenvalue weighted by Crippen LogP contribution is -2.50. The van der Waals surface area contributed by atoms with Crippen LogP contribution >= 0.6 is 0 Å². The number of oxime groups is 1. The summed E-state index contributed by atoms with van der Waals surface area (Å²) in [5.74, 6) is 0.210. The van der Waals surface area contributed by atoms with E-state index < -0.39 is 5.41 Å². The van der Waals surface area contributed by atoms with Crippen LogP contribution in [0.1, 0.15) is 44.6 Å². The highest BCUT2D eigenvalue weighted by Gasteiger charge is 2.45. The summed E-state index contributed by atoms with van der Waals surface area (Å²) >= 11 is 0. The Kier molecular flexibility index (Phi) is 4.50. The van der Waals surface area contributed by atoms with Crippen molar-refractivity contribution in [2.75, 3.05) is 0 Å². The molecule has 2 unspecified atom stereocenters. The highest BCUT2D eigenvalue weighted by atomic mass is 16.4. The molecule has 2 rings (SSSR count). The molecule has 0 radical (unpaired) electrons. The zero-order valence-corrected chi connectivity index (χ0v) is 12.5. The van der Waals surface area contributed by atoms with Gasteiger partial charge in [0.2, 0.25) is 5.91 Å². The van der Waals surface area contributed by atoms with Gasteiger partial charge < -0.3 is 16.3 Å². The molecule has 1 amide bonds. The summed E-state index contributed by atoms with van der Waals surface area (Å²) in [4.78, 5) is 12.6. The first-order valence-corrected chi connectivity index (χ1v) is 7.43. The topological polar surface area (TPSA) is 87.7 Å². The van der Waals surface area contributed by atoms with E-state index >= 15 is 0 Å². The van der Waals surface area contributed by atoms with Crippen LogP contribution in [0, 0.1) is 5.41 Å². The van der Waals surface area contributed by atoms with Crippen molar-refractivity contribution in [3.05, 3.63) is 35.9 Å². The van der Waals surface area contributed by atoms with E-state index in [1.54, 1.807) is 0 Å². The number of amidine groups is 1. The first-order chi connectivity index (χ1) is 10.1. The zero-order chi connectivity index (χ0) is 15.5. The number of amides is 1. The molecule has 1 aliphatic rings. The van der Waals surface area contributed by atoms with Crippen LogP contribution in [0.5, 0.6) is 0 Å². The average molecular weight is 289 g/mol. The number of hydrogen-bond acceptors (Lipinski definition) is 3. The molecule has 4 N–H and O–H groups in total. The fraction of sp³-hybridized carbons (Fsp3) is 0.500. The Hall–Kier alpha value is -2.04. The summed E-state index contributed by atoms with van der Waals surface area (Å²) in [5, 5.41) is 15.1. The number of nitrogens with zero attached hydrogens (tertiary/aromatic N) is 1. The lowest BCUT2D eigenvalue weighted by Gasteiger charge is -2.28. The van der Waals surface area contributed by atoms with Crippen LogP contribution in [0.3, 0.4) is 0 Å². The fourth-order valence-corrected chi connectivity index (χ4v) is 2.88. The van der Waals surface area contributed by atoms with Crippen LogP contribution in [0.2, 0.25) is 0 Å². The SMILES string of the molecule is CCC(CC)(C(=O)NC1CC1c1ccccc1)C(N)=NO. The van der Waals surface area contributed by atoms with Crippen molar-refractivity contribution in [1.29, 1.82) is 0 Å². The van der Waals surface area contributed by atoms with Gasteiger partial charge in [-0.2, -0.15) is 0 Å². The molecule has 0 aliphatic heterocycles. The van der Waals surface area contributed by atoms with E-state index in [9.17, 15) is 4.79 Å². The van der Waals surface area contributed by atoms with Crippen molar-refractivity contribution in [3.63, 3.8) is 0 Å². The van der Waals surface area contributed by atoms with Crippen LogP contribution < -0.4 is 11.1 Å². The van der Waals surface area contributed by atoms with Crippen LogP contribution in [0.15, 0.2) is 35.5 Å². The molecule has 0 aromatic heterocycles. The van der Waals surface area contributed by atoms with Gasteiger partial charge in [0.15, 0.2) is 5.84 Å². The van der Waals surface area contributed by atoms with Gasteiger partial charge in [-0.05, 0) is 24.8 Å². The van der Waals surface area contributed by atoms with Crippen molar-refractivity contribution >= 4 is 11.7 Å². The second-order valence-corrected chi connectivity index (χ2v) is 5.61. The van der Waals surface area contributed by atoms with Gasteiger partial charge in [0.1, 0.15) is 5.41 Å². The zero-order valence-electron chi connectivity index (χ0n) is 12.5. The van der Waals surface area contributed by atoms with E-state index in [2.05, 4.69) is 22.6 Å². The number of carbonyl (C=O) groups is 1. The largest absolute Gasteiger partial charge is 0.409 e. The van der Waals surface area contributed by atoms with Gasteiger partial charge in [-0.25, -0.2) is 0 Å². The van der Waals surface area contributed by atoms with Crippen LogP contribution in [0.25, 0.3) is 0 Å². The highest BCUT2D eigenvalue weighted by molar-refractivity contribution is 6.06. The van der Waals surface area contributed by atoms with Crippen molar-refractivity contribution in [1.82, 2.24) is 5.32 Å². The van der Waals surface area contributed by atoms with Gasteiger partial charge in [-0.3, -0.25) is 4.79 Å². The minimum Gasteiger partial charge on any atom is -0.409 e. The van der Waals surface area contributed by atoms with Crippen molar-refractivity contribution in [3.8, 4) is 0 Å². The second kappa shape index (κ2) is 6.16. The average Bonchev–Trinajstić information content (AvgIpc) is 3.28. The van der Waals surface area contributed by atoms with Crippen molar-refractivity contribution < 1.29 is 10.0 Å². The monoisotopic (exact) mass is 289 g/mol. The van der Waals surface area contributed by atoms with E-state index in [1.807, 2.05) is 32.0 Å². The standard InChI is InChI=1S/C16H23N3O2/c1-3-16(4-2,14(17)19-21)15(20)18-13-10-12(13)11-8-6-5-7-9-11/h5-9,12-13,21H,3-4,10H2,1-2H3,(H2,17,19)(H,18,20). The van der Waals surface area contributed by atoms with Gasteiger partial charge in [-0.15, -0.1) is 0 Å². The molecule has 0 heterocycles. The molecule has 21 heavy (non-hydrogen) atoms. The Morgan fingerprint density at radius 3 is 2.52 bits per heavy atom. The maximum absolute atomic E-state index is 12.6. The summed E-state index contributed by atoms with van der Waals surface area (Å²) in [7, 11) is 0. The number of carbonyl (C=O) groups excluding carboxylic acids is 1. The number of hydrogen-bond donors (Lipinski definition) is 3. The molecular formula is C16H23N3O2. The number of nitrogens with one attached hydrogen (secondary N) is 1. The third kappa shape index (κ3) is 2.86. The molecule has 114 valence electrons. The highest BCUT2D eigenvalue weighted by Crippen LogP contribution is 2.41. The lowest BCUT2D eigenvalue weighted by atomic mass is 9.80. The Morgan fingerprint density at radius 1 is 1.38 bits per heavy atom. The molecule has 1 aromatic rings. The Labute approximate surface area is 125 Å². The third-order valence-electron chi connectivity index (χ3n) is 4.57. The minimum absolute atomic E-state index is 0.0121. The predicted octanol–water partition coefficient (Wildman–Crippen LogP) is 2.21. The van der Waals surface area contributed by atoms with Gasteiger partial charge >= 0.3 is 0 Å². The molecule has 0 saturated heterocycles. The molecule has 1 saturated carbocycles. The van der Waals surface area contributed by atoms with E-state index in [1.165, 1.54) is 5.56 Å². The first kappa shape index (κ1) is 15.4. The summed E-state index contributed by atoms with van der Waals surface area (Å²) in [6.07, 6.45) is 1.96. The molecule has 1 aliphatic carbocycles. The van der Waals surface area contributed by atoms with E-state index in [-0.39, 0.29) is 17.8 Å². The molecule has 5 heteroatoms. The van der Waals surface area contributed by atoms with Crippen molar-refractivity contribution in [2.24, 2.45) is 16.3 Å². The smallest absolute Gasteiger partial charge is 0.234 e. The van der Waals surface area contributed by atoms with Crippen LogP contribution in [-0.2, 0) is 4.79 Å². The van der Waals surface area contributed by atoms with Crippen molar-refractivity contribution in [2.45, 2.75) is 45.1 Å². The minimum atomic E-state index is -0.918. The Morgan fingerprint density at radius 2 is 2.00 bits per heavy atom. The summed E-state index contributed by atoms with van der Waals surface area (Å²) in [6.45, 7) is 3.76. The number of rotatable bonds is 6. The predicted molar refractivity (Wildman–Crippen MR) is 82.2 cm³/mol. The molecule has 0 bridgehead atoms. The molecule has 0 spiro atoms. The first-order valence-electron chi connectivity index (χ1n) is 7.43. The normalized spacial score (nSPS) is 21.9. The number of benzene rings is 1. The molecule has 1 aromatic carbocycles. The fourth-order valence-electron chi connectivity index (χ4n) is 2.88. The van der Waals surface area contributed by atoms with Crippen LogP contribution in [0.4, 0.5) is 0 Å². The maximum Gasteiger partial charge on any atom is 0.234 e. The Bertz CT molecular complexity index is 524. The van der Waals surface area contributed by atoms with E-state index in [4.69, 9.17) is 10.9 Å². The molecule has 1 fully saturated rings. The summed E-state index contributed by atoms with van der Waals surface area (Å²) in [5.41, 5.74) is 6.08. The Balaban J connectivity index is 2.05. The molecule has 5 nitrogen and oxygen atoms in total. The quantitative estimate of drug-likeness (QED) is 0.325. The number of nitrogens with two attached hydrogens (primary N) is 1.